The number of hydrogen-bond acceptors (Lipinski definition) is 4. The predicted octanol–water partition coefficient (Wildman–Crippen LogP) is 1.66. The summed E-state index contributed by atoms with van der Waals surface area (Å²) in [5.74, 6) is -0.0788. The maximum Gasteiger partial charge on any atom is 0.317 e. The van der Waals surface area contributed by atoms with Crippen molar-refractivity contribution in [3.8, 4) is 0 Å². The van der Waals surface area contributed by atoms with Crippen LogP contribution in [0.15, 0.2) is 24.3 Å². The van der Waals surface area contributed by atoms with Crippen LogP contribution in [0.3, 0.4) is 0 Å². The molecule has 2 heterocycles. The molecule has 2 aliphatic heterocycles. The average Bonchev–Trinajstić information content (AvgIpc) is 3.13. The van der Waals surface area contributed by atoms with Gasteiger partial charge >= 0.3 is 6.03 Å². The summed E-state index contributed by atoms with van der Waals surface area (Å²) in [7, 11) is 0. The lowest BCUT2D eigenvalue weighted by Gasteiger charge is -2.36. The highest BCUT2D eigenvalue weighted by atomic mass is 16.5. The Balaban J connectivity index is 1.47. The van der Waals surface area contributed by atoms with Crippen LogP contribution in [0.1, 0.15) is 19.8 Å². The summed E-state index contributed by atoms with van der Waals surface area (Å²) >= 11 is 0. The fourth-order valence-corrected chi connectivity index (χ4v) is 3.27. The van der Waals surface area contributed by atoms with Crippen LogP contribution in [0.4, 0.5) is 16.2 Å². The number of nitrogens with zero attached hydrogens (tertiary/aromatic N) is 2. The molecule has 2 aliphatic rings. The minimum Gasteiger partial charge on any atom is -0.376 e. The van der Waals surface area contributed by atoms with Gasteiger partial charge in [-0.05, 0) is 31.0 Å². The molecule has 1 atom stereocenters. The van der Waals surface area contributed by atoms with E-state index in [1.165, 1.54) is 6.92 Å². The van der Waals surface area contributed by atoms with Crippen molar-refractivity contribution >= 4 is 23.3 Å². The fourth-order valence-electron chi connectivity index (χ4n) is 3.27. The molecule has 0 aromatic heterocycles. The van der Waals surface area contributed by atoms with E-state index in [2.05, 4.69) is 15.5 Å². The molecule has 136 valence electrons. The molecule has 2 N–H and O–H groups in total. The number of hydrogen-bond donors (Lipinski definition) is 2. The normalized spacial score (nSPS) is 20.4. The molecule has 0 spiro atoms. The number of anilines is 2. The number of urea groups is 1. The van der Waals surface area contributed by atoms with E-state index in [1.54, 1.807) is 0 Å². The summed E-state index contributed by atoms with van der Waals surface area (Å²) in [5, 5.41) is 5.78. The Morgan fingerprint density at radius 2 is 2.04 bits per heavy atom. The summed E-state index contributed by atoms with van der Waals surface area (Å²) in [4.78, 5) is 27.5. The van der Waals surface area contributed by atoms with Crippen molar-refractivity contribution < 1.29 is 14.3 Å². The van der Waals surface area contributed by atoms with Gasteiger partial charge in [-0.2, -0.15) is 0 Å². The monoisotopic (exact) mass is 346 g/mol. The topological polar surface area (TPSA) is 73.9 Å². The summed E-state index contributed by atoms with van der Waals surface area (Å²) in [6, 6.07) is 7.79. The molecular weight excluding hydrogens is 320 g/mol. The molecule has 7 heteroatoms. The first-order valence-electron chi connectivity index (χ1n) is 8.89. The lowest BCUT2D eigenvalue weighted by Crippen LogP contribution is -2.52. The number of nitrogens with one attached hydrogen (secondary N) is 2. The van der Waals surface area contributed by atoms with E-state index >= 15 is 0 Å². The van der Waals surface area contributed by atoms with Gasteiger partial charge in [-0.3, -0.25) is 4.79 Å². The predicted molar refractivity (Wildman–Crippen MR) is 96.9 cm³/mol. The molecule has 2 saturated heterocycles. The van der Waals surface area contributed by atoms with Gasteiger partial charge in [0.2, 0.25) is 5.91 Å². The SMILES string of the molecule is CC(=O)Nc1cccc(N2CCN(C(=O)NCC3CCCO3)CC2)c1. The van der Waals surface area contributed by atoms with Crippen LogP contribution in [-0.2, 0) is 9.53 Å². The molecular formula is C18H26N4O3. The Labute approximate surface area is 148 Å². The van der Waals surface area contributed by atoms with Crippen molar-refractivity contribution in [2.24, 2.45) is 0 Å². The second-order valence-corrected chi connectivity index (χ2v) is 6.53. The largest absolute Gasteiger partial charge is 0.376 e. The van der Waals surface area contributed by atoms with Gasteiger partial charge in [0.25, 0.3) is 0 Å². The number of rotatable bonds is 4. The van der Waals surface area contributed by atoms with Crippen LogP contribution in [0.25, 0.3) is 0 Å². The first-order chi connectivity index (χ1) is 12.1. The number of benzene rings is 1. The summed E-state index contributed by atoms with van der Waals surface area (Å²) in [6.45, 7) is 5.81. The highest BCUT2D eigenvalue weighted by Gasteiger charge is 2.23. The molecule has 3 amide bonds. The summed E-state index contributed by atoms with van der Waals surface area (Å²) in [6.07, 6.45) is 2.27. The van der Waals surface area contributed by atoms with Crippen molar-refractivity contribution in [2.45, 2.75) is 25.9 Å². The number of ether oxygens (including phenoxy) is 1. The molecule has 25 heavy (non-hydrogen) atoms. The van der Waals surface area contributed by atoms with Gasteiger partial charge in [0.05, 0.1) is 6.10 Å². The third kappa shape index (κ3) is 4.85. The van der Waals surface area contributed by atoms with E-state index in [4.69, 9.17) is 4.74 Å². The Morgan fingerprint density at radius 3 is 2.72 bits per heavy atom. The van der Waals surface area contributed by atoms with Gasteiger partial charge in [0.15, 0.2) is 0 Å². The summed E-state index contributed by atoms with van der Waals surface area (Å²) < 4.78 is 5.53. The minimum atomic E-state index is -0.0788. The van der Waals surface area contributed by atoms with Gasteiger partial charge in [-0.15, -0.1) is 0 Å². The third-order valence-corrected chi connectivity index (χ3v) is 4.60. The second-order valence-electron chi connectivity index (χ2n) is 6.53. The number of carbonyl (C=O) groups excluding carboxylic acids is 2. The van der Waals surface area contributed by atoms with Crippen molar-refractivity contribution in [3.05, 3.63) is 24.3 Å². The first-order valence-corrected chi connectivity index (χ1v) is 8.89. The quantitative estimate of drug-likeness (QED) is 0.869. The molecule has 0 radical (unpaired) electrons. The van der Waals surface area contributed by atoms with E-state index < -0.39 is 0 Å². The van der Waals surface area contributed by atoms with E-state index in [-0.39, 0.29) is 18.0 Å². The zero-order chi connectivity index (χ0) is 17.6. The number of amides is 3. The fraction of sp³-hybridized carbons (Fsp3) is 0.556. The zero-order valence-electron chi connectivity index (χ0n) is 14.7. The van der Waals surface area contributed by atoms with E-state index in [0.717, 1.165) is 43.9 Å². The minimum absolute atomic E-state index is 0.0119. The first kappa shape index (κ1) is 17.5. The van der Waals surface area contributed by atoms with Crippen LogP contribution in [0.5, 0.6) is 0 Å². The smallest absolute Gasteiger partial charge is 0.317 e. The van der Waals surface area contributed by atoms with Crippen LogP contribution >= 0.6 is 0 Å². The summed E-state index contributed by atoms with van der Waals surface area (Å²) in [5.41, 5.74) is 1.85. The van der Waals surface area contributed by atoms with Crippen molar-refractivity contribution in [2.75, 3.05) is 49.5 Å². The Hall–Kier alpha value is -2.28. The molecule has 3 rings (SSSR count). The Morgan fingerprint density at radius 1 is 1.24 bits per heavy atom. The van der Waals surface area contributed by atoms with Gasteiger partial charge < -0.3 is 25.2 Å². The molecule has 0 aliphatic carbocycles. The maximum absolute atomic E-state index is 12.3. The maximum atomic E-state index is 12.3. The average molecular weight is 346 g/mol. The highest BCUT2D eigenvalue weighted by Crippen LogP contribution is 2.21. The zero-order valence-corrected chi connectivity index (χ0v) is 14.7. The Bertz CT molecular complexity index is 608. The highest BCUT2D eigenvalue weighted by molar-refractivity contribution is 5.89. The molecule has 1 aromatic carbocycles. The van der Waals surface area contributed by atoms with Crippen LogP contribution in [-0.4, -0.2) is 62.3 Å². The van der Waals surface area contributed by atoms with Crippen molar-refractivity contribution in [1.82, 2.24) is 10.2 Å². The van der Waals surface area contributed by atoms with Gasteiger partial charge in [0.1, 0.15) is 0 Å². The van der Waals surface area contributed by atoms with E-state index in [0.29, 0.717) is 19.6 Å². The number of piperazine rings is 1. The second kappa shape index (κ2) is 8.20. The van der Waals surface area contributed by atoms with Gasteiger partial charge in [-0.1, -0.05) is 6.07 Å². The van der Waals surface area contributed by atoms with Gasteiger partial charge in [-0.25, -0.2) is 4.79 Å². The molecule has 2 fully saturated rings. The Kier molecular flexibility index (Phi) is 5.75. The lowest BCUT2D eigenvalue weighted by molar-refractivity contribution is -0.114. The number of carbonyl (C=O) groups is 2. The molecule has 0 bridgehead atoms. The molecule has 1 unspecified atom stereocenters. The molecule has 1 aromatic rings. The van der Waals surface area contributed by atoms with E-state index in [1.807, 2.05) is 29.2 Å². The molecule has 0 saturated carbocycles. The van der Waals surface area contributed by atoms with Crippen LogP contribution < -0.4 is 15.5 Å². The molecule has 7 nitrogen and oxygen atoms in total. The van der Waals surface area contributed by atoms with E-state index in [9.17, 15) is 9.59 Å². The lowest BCUT2D eigenvalue weighted by atomic mass is 10.2. The van der Waals surface area contributed by atoms with Crippen molar-refractivity contribution in [3.63, 3.8) is 0 Å². The standard InChI is InChI=1S/C18H26N4O3/c1-14(23)20-15-4-2-5-16(12-15)21-7-9-22(10-8-21)18(24)19-13-17-6-3-11-25-17/h2,4-5,12,17H,3,6-11,13H2,1H3,(H,19,24)(H,20,23). The van der Waals surface area contributed by atoms with Gasteiger partial charge in [0, 0.05) is 57.6 Å². The van der Waals surface area contributed by atoms with Crippen molar-refractivity contribution in [1.29, 1.82) is 0 Å². The van der Waals surface area contributed by atoms with Crippen LogP contribution in [0.2, 0.25) is 0 Å². The third-order valence-electron chi connectivity index (χ3n) is 4.60. The van der Waals surface area contributed by atoms with Crippen LogP contribution in [0, 0.1) is 0 Å².